The van der Waals surface area contributed by atoms with Gasteiger partial charge in [-0.05, 0) is 24.3 Å². The number of hydrogen-bond acceptors (Lipinski definition) is 2. The van der Waals surface area contributed by atoms with Gasteiger partial charge in [-0.25, -0.2) is 0 Å². The van der Waals surface area contributed by atoms with Crippen molar-refractivity contribution in [2.24, 2.45) is 0 Å². The molecule has 0 rings (SSSR count). The molecule has 0 saturated heterocycles. The lowest BCUT2D eigenvalue weighted by Gasteiger charge is -2.03. The molecule has 0 aromatic carbocycles. The molecule has 0 heterocycles. The number of ether oxygens (including phenoxy) is 1. The summed E-state index contributed by atoms with van der Waals surface area (Å²) in [5.74, 6) is 2.49. The second-order valence-electron chi connectivity index (χ2n) is 3.93. The van der Waals surface area contributed by atoms with Gasteiger partial charge in [0.05, 0.1) is 0 Å². The summed E-state index contributed by atoms with van der Waals surface area (Å²) in [4.78, 5) is 0. The smallest absolute Gasteiger partial charge is 0.0473 e. The summed E-state index contributed by atoms with van der Waals surface area (Å²) in [5.41, 5.74) is 0. The maximum Gasteiger partial charge on any atom is 0.0473 e. The first-order chi connectivity index (χ1) is 7.41. The normalized spacial score (nSPS) is 10.8. The molecule has 0 aromatic heterocycles. The summed E-state index contributed by atoms with van der Waals surface area (Å²) in [5, 5.41) is 0. The number of unbranched alkanes of at least 4 members (excludes halogenated alkanes) is 5. The van der Waals surface area contributed by atoms with Crippen molar-refractivity contribution in [3.05, 3.63) is 0 Å². The highest BCUT2D eigenvalue weighted by atomic mass is 32.2. The van der Waals surface area contributed by atoms with Gasteiger partial charge >= 0.3 is 0 Å². The predicted octanol–water partition coefficient (Wildman–Crippen LogP) is 4.51. The summed E-state index contributed by atoms with van der Waals surface area (Å²) in [7, 11) is 0. The lowest BCUT2D eigenvalue weighted by Crippen LogP contribution is -1.98. The second-order valence-corrected chi connectivity index (χ2v) is 5.32. The Bertz CT molecular complexity index is 94.7. The van der Waals surface area contributed by atoms with E-state index < -0.39 is 0 Å². The van der Waals surface area contributed by atoms with Gasteiger partial charge in [0.25, 0.3) is 0 Å². The number of hydrogen-bond donors (Lipinski definition) is 0. The minimum atomic E-state index is 0.960. The van der Waals surface area contributed by atoms with Crippen LogP contribution in [0.3, 0.4) is 0 Å². The molecule has 0 radical (unpaired) electrons. The highest BCUT2D eigenvalue weighted by molar-refractivity contribution is 7.99. The van der Waals surface area contributed by atoms with Crippen molar-refractivity contribution < 1.29 is 4.74 Å². The van der Waals surface area contributed by atoms with E-state index in [0.29, 0.717) is 0 Å². The van der Waals surface area contributed by atoms with Gasteiger partial charge in [-0.2, -0.15) is 11.8 Å². The minimum Gasteiger partial charge on any atom is -0.381 e. The molecule has 2 heteroatoms. The Morgan fingerprint density at radius 2 is 1.47 bits per heavy atom. The van der Waals surface area contributed by atoms with Gasteiger partial charge < -0.3 is 4.74 Å². The first-order valence-electron chi connectivity index (χ1n) is 6.57. The lowest BCUT2D eigenvalue weighted by atomic mass is 10.1. The average molecular weight is 232 g/mol. The molecule has 0 bridgehead atoms. The maximum atomic E-state index is 5.57. The fourth-order valence-electron chi connectivity index (χ4n) is 1.49. The van der Waals surface area contributed by atoms with Crippen molar-refractivity contribution in [1.29, 1.82) is 0 Å². The molecule has 15 heavy (non-hydrogen) atoms. The molecule has 0 aliphatic heterocycles. The van der Waals surface area contributed by atoms with E-state index in [1.54, 1.807) is 0 Å². The van der Waals surface area contributed by atoms with Crippen LogP contribution in [-0.4, -0.2) is 24.7 Å². The van der Waals surface area contributed by atoms with Gasteiger partial charge in [0.15, 0.2) is 0 Å². The van der Waals surface area contributed by atoms with Crippen LogP contribution in [0.1, 0.15) is 58.8 Å². The predicted molar refractivity (Wildman–Crippen MR) is 71.8 cm³/mol. The van der Waals surface area contributed by atoms with Crippen LogP contribution in [0.25, 0.3) is 0 Å². The zero-order chi connectivity index (χ0) is 11.2. The van der Waals surface area contributed by atoms with Crippen molar-refractivity contribution in [2.45, 2.75) is 58.8 Å². The van der Waals surface area contributed by atoms with Crippen molar-refractivity contribution in [2.75, 3.05) is 24.7 Å². The maximum absolute atomic E-state index is 5.57. The number of thioether (sulfide) groups is 1. The largest absolute Gasteiger partial charge is 0.381 e. The van der Waals surface area contributed by atoms with E-state index >= 15 is 0 Å². The Morgan fingerprint density at radius 3 is 2.20 bits per heavy atom. The summed E-state index contributed by atoms with van der Waals surface area (Å²) in [6, 6.07) is 0. The Labute approximate surface area is 100 Å². The molecule has 0 atom stereocenters. The molecule has 0 saturated carbocycles. The molecule has 0 amide bonds. The molecule has 0 spiro atoms. The molecule has 0 aromatic rings. The van der Waals surface area contributed by atoms with E-state index in [9.17, 15) is 0 Å². The van der Waals surface area contributed by atoms with Gasteiger partial charge in [0, 0.05) is 13.2 Å². The van der Waals surface area contributed by atoms with E-state index in [-0.39, 0.29) is 0 Å². The third kappa shape index (κ3) is 14.3. The Morgan fingerprint density at radius 1 is 0.800 bits per heavy atom. The van der Waals surface area contributed by atoms with Crippen LogP contribution < -0.4 is 0 Å². The van der Waals surface area contributed by atoms with E-state index in [1.807, 2.05) is 11.8 Å². The fraction of sp³-hybridized carbons (Fsp3) is 1.00. The Kier molecular flexibility index (Phi) is 14.6. The summed E-state index contributed by atoms with van der Waals surface area (Å²) < 4.78 is 5.57. The first kappa shape index (κ1) is 15.3. The topological polar surface area (TPSA) is 9.23 Å². The van der Waals surface area contributed by atoms with Gasteiger partial charge in [-0.1, -0.05) is 46.0 Å². The van der Waals surface area contributed by atoms with Crippen LogP contribution in [0.4, 0.5) is 0 Å². The first-order valence-corrected chi connectivity index (χ1v) is 7.72. The van der Waals surface area contributed by atoms with Crippen LogP contribution in [0.5, 0.6) is 0 Å². The molecule has 0 fully saturated rings. The van der Waals surface area contributed by atoms with Gasteiger partial charge in [0.2, 0.25) is 0 Å². The molecule has 0 N–H and O–H groups in total. The zero-order valence-electron chi connectivity index (χ0n) is 10.6. The summed E-state index contributed by atoms with van der Waals surface area (Å²) in [6.07, 6.45) is 9.36. The minimum absolute atomic E-state index is 0.960. The second kappa shape index (κ2) is 14.3. The Hall–Kier alpha value is 0.310. The van der Waals surface area contributed by atoms with Crippen LogP contribution in [0.15, 0.2) is 0 Å². The Balaban J connectivity index is 2.81. The van der Waals surface area contributed by atoms with Crippen molar-refractivity contribution >= 4 is 11.8 Å². The molecular formula is C13H28OS. The molecular weight excluding hydrogens is 204 g/mol. The monoisotopic (exact) mass is 232 g/mol. The third-order valence-corrected chi connectivity index (χ3v) is 3.41. The van der Waals surface area contributed by atoms with Crippen LogP contribution in [0.2, 0.25) is 0 Å². The quantitative estimate of drug-likeness (QED) is 0.458. The molecule has 0 aliphatic carbocycles. The van der Waals surface area contributed by atoms with E-state index in [2.05, 4.69) is 13.8 Å². The van der Waals surface area contributed by atoms with Crippen molar-refractivity contribution in [3.63, 3.8) is 0 Å². The average Bonchev–Trinajstić information content (AvgIpc) is 2.26. The molecule has 1 nitrogen and oxygen atoms in total. The van der Waals surface area contributed by atoms with E-state index in [0.717, 1.165) is 13.2 Å². The van der Waals surface area contributed by atoms with Gasteiger partial charge in [0.1, 0.15) is 0 Å². The van der Waals surface area contributed by atoms with Crippen LogP contribution >= 0.6 is 11.8 Å². The van der Waals surface area contributed by atoms with E-state index in [4.69, 9.17) is 4.74 Å². The molecule has 0 unspecified atom stereocenters. The standard InChI is InChI=1S/C13H28OS/c1-3-5-6-7-8-9-11-14-12-10-13-15-4-2/h3-13H2,1-2H3. The van der Waals surface area contributed by atoms with Crippen LogP contribution in [-0.2, 0) is 4.74 Å². The number of rotatable bonds is 12. The van der Waals surface area contributed by atoms with Gasteiger partial charge in [-0.15, -0.1) is 0 Å². The fourth-order valence-corrected chi connectivity index (χ4v) is 2.10. The zero-order valence-corrected chi connectivity index (χ0v) is 11.4. The van der Waals surface area contributed by atoms with Crippen molar-refractivity contribution in [3.8, 4) is 0 Å². The van der Waals surface area contributed by atoms with Gasteiger partial charge in [-0.3, -0.25) is 0 Å². The summed E-state index contributed by atoms with van der Waals surface area (Å²) in [6.45, 7) is 6.41. The van der Waals surface area contributed by atoms with Crippen molar-refractivity contribution in [1.82, 2.24) is 0 Å². The van der Waals surface area contributed by atoms with E-state index in [1.165, 1.54) is 56.5 Å². The molecule has 92 valence electrons. The highest BCUT2D eigenvalue weighted by Crippen LogP contribution is 2.05. The highest BCUT2D eigenvalue weighted by Gasteiger charge is 1.91. The lowest BCUT2D eigenvalue weighted by molar-refractivity contribution is 0.131. The van der Waals surface area contributed by atoms with Crippen LogP contribution in [0, 0.1) is 0 Å². The summed E-state index contributed by atoms with van der Waals surface area (Å²) >= 11 is 2.01. The SMILES string of the molecule is CCCCCCCCOCCCSCC. The third-order valence-electron chi connectivity index (χ3n) is 2.42. The molecule has 0 aliphatic rings.